The van der Waals surface area contributed by atoms with Crippen molar-refractivity contribution in [2.75, 3.05) is 19.5 Å². The summed E-state index contributed by atoms with van der Waals surface area (Å²) in [5.41, 5.74) is 1.90. The van der Waals surface area contributed by atoms with Crippen molar-refractivity contribution in [2.45, 2.75) is 12.3 Å². The Bertz CT molecular complexity index is 669. The number of carbonyl (C=O) groups is 1. The molecule has 0 saturated heterocycles. The second-order valence-electron chi connectivity index (χ2n) is 5.41. The van der Waals surface area contributed by atoms with E-state index in [1.807, 2.05) is 18.2 Å². The average molecular weight is 297 g/mol. The first-order valence-corrected chi connectivity index (χ1v) is 7.30. The molecule has 2 atom stereocenters. The van der Waals surface area contributed by atoms with Crippen LogP contribution < -0.4 is 14.8 Å². The van der Waals surface area contributed by atoms with Gasteiger partial charge in [-0.3, -0.25) is 4.79 Å². The molecular weight excluding hydrogens is 278 g/mol. The van der Waals surface area contributed by atoms with Crippen LogP contribution in [-0.2, 0) is 4.79 Å². The number of hydrogen-bond acceptors (Lipinski definition) is 3. The van der Waals surface area contributed by atoms with Crippen LogP contribution in [0.15, 0.2) is 48.5 Å². The zero-order chi connectivity index (χ0) is 15.5. The monoisotopic (exact) mass is 297 g/mol. The molecule has 0 bridgehead atoms. The van der Waals surface area contributed by atoms with E-state index in [0.29, 0.717) is 23.1 Å². The van der Waals surface area contributed by atoms with Crippen molar-refractivity contribution >= 4 is 11.6 Å². The number of rotatable bonds is 5. The van der Waals surface area contributed by atoms with Gasteiger partial charge in [-0.15, -0.1) is 0 Å². The highest BCUT2D eigenvalue weighted by atomic mass is 16.5. The third kappa shape index (κ3) is 2.91. The van der Waals surface area contributed by atoms with Gasteiger partial charge in [0.25, 0.3) is 0 Å². The summed E-state index contributed by atoms with van der Waals surface area (Å²) in [6, 6.07) is 15.5. The van der Waals surface area contributed by atoms with Crippen LogP contribution in [0.5, 0.6) is 11.5 Å². The highest BCUT2D eigenvalue weighted by Crippen LogP contribution is 2.48. The van der Waals surface area contributed by atoms with Gasteiger partial charge in [-0.1, -0.05) is 30.3 Å². The summed E-state index contributed by atoms with van der Waals surface area (Å²) >= 11 is 0. The van der Waals surface area contributed by atoms with E-state index in [2.05, 4.69) is 17.4 Å². The molecule has 0 heterocycles. The predicted octanol–water partition coefficient (Wildman–Crippen LogP) is 3.45. The number of hydrogen-bond donors (Lipinski definition) is 1. The van der Waals surface area contributed by atoms with E-state index < -0.39 is 0 Å². The minimum absolute atomic E-state index is 0.0363. The molecule has 4 heteroatoms. The van der Waals surface area contributed by atoms with E-state index in [1.165, 1.54) is 5.56 Å². The minimum Gasteiger partial charge on any atom is -0.497 e. The lowest BCUT2D eigenvalue weighted by Crippen LogP contribution is -2.15. The van der Waals surface area contributed by atoms with Gasteiger partial charge in [0.05, 0.1) is 19.9 Å². The summed E-state index contributed by atoms with van der Waals surface area (Å²) in [7, 11) is 3.18. The van der Waals surface area contributed by atoms with Crippen molar-refractivity contribution in [3.8, 4) is 11.5 Å². The van der Waals surface area contributed by atoms with Gasteiger partial charge < -0.3 is 14.8 Å². The molecule has 1 aliphatic rings. The molecule has 1 saturated carbocycles. The molecule has 2 aromatic rings. The second-order valence-corrected chi connectivity index (χ2v) is 5.41. The van der Waals surface area contributed by atoms with E-state index >= 15 is 0 Å². The molecule has 0 spiro atoms. The number of anilines is 1. The highest BCUT2D eigenvalue weighted by molar-refractivity contribution is 5.96. The molecule has 1 aliphatic carbocycles. The summed E-state index contributed by atoms with van der Waals surface area (Å²) in [5.74, 6) is 1.70. The van der Waals surface area contributed by atoms with Gasteiger partial charge in [-0.25, -0.2) is 0 Å². The van der Waals surface area contributed by atoms with Crippen LogP contribution in [0.2, 0.25) is 0 Å². The summed E-state index contributed by atoms with van der Waals surface area (Å²) in [5, 5.41) is 2.95. The lowest BCUT2D eigenvalue weighted by molar-refractivity contribution is -0.117. The van der Waals surface area contributed by atoms with E-state index in [1.54, 1.807) is 32.4 Å². The summed E-state index contributed by atoms with van der Waals surface area (Å²) < 4.78 is 10.5. The number of benzene rings is 2. The zero-order valence-corrected chi connectivity index (χ0v) is 12.7. The van der Waals surface area contributed by atoms with Gasteiger partial charge in [0, 0.05) is 12.0 Å². The number of methoxy groups -OCH3 is 2. The molecule has 0 radical (unpaired) electrons. The molecule has 0 unspecified atom stereocenters. The molecular formula is C18H19NO3. The smallest absolute Gasteiger partial charge is 0.228 e. The third-order valence-corrected chi connectivity index (χ3v) is 4.02. The Balaban J connectivity index is 1.68. The fraction of sp³-hybridized carbons (Fsp3) is 0.278. The van der Waals surface area contributed by atoms with Crippen LogP contribution in [0.3, 0.4) is 0 Å². The van der Waals surface area contributed by atoms with Crippen LogP contribution in [0, 0.1) is 5.92 Å². The predicted molar refractivity (Wildman–Crippen MR) is 85.5 cm³/mol. The number of amides is 1. The topological polar surface area (TPSA) is 47.6 Å². The highest BCUT2D eigenvalue weighted by Gasteiger charge is 2.43. The van der Waals surface area contributed by atoms with Crippen LogP contribution in [-0.4, -0.2) is 20.1 Å². The molecule has 0 aliphatic heterocycles. The Morgan fingerprint density at radius 1 is 1.09 bits per heavy atom. The first-order valence-electron chi connectivity index (χ1n) is 7.30. The first-order chi connectivity index (χ1) is 10.7. The largest absolute Gasteiger partial charge is 0.497 e. The molecule has 114 valence electrons. The van der Waals surface area contributed by atoms with Crippen LogP contribution in [0.1, 0.15) is 17.9 Å². The van der Waals surface area contributed by atoms with Gasteiger partial charge in [-0.2, -0.15) is 0 Å². The first kappa shape index (κ1) is 14.4. The van der Waals surface area contributed by atoms with E-state index in [-0.39, 0.29) is 11.8 Å². The van der Waals surface area contributed by atoms with Crippen LogP contribution in [0.25, 0.3) is 0 Å². The fourth-order valence-electron chi connectivity index (χ4n) is 2.68. The number of ether oxygens (including phenoxy) is 2. The molecule has 0 aromatic heterocycles. The SMILES string of the molecule is COc1ccc(NC(=O)[C@H]2C[C@H]2c2ccccc2)c(OC)c1. The molecule has 4 nitrogen and oxygen atoms in total. The van der Waals surface area contributed by atoms with Crippen molar-refractivity contribution in [1.29, 1.82) is 0 Å². The molecule has 1 fully saturated rings. The molecule has 1 amide bonds. The Labute approximate surface area is 130 Å². The van der Waals surface area contributed by atoms with Crippen molar-refractivity contribution in [3.63, 3.8) is 0 Å². The van der Waals surface area contributed by atoms with Crippen molar-refractivity contribution < 1.29 is 14.3 Å². The van der Waals surface area contributed by atoms with Crippen molar-refractivity contribution in [2.24, 2.45) is 5.92 Å². The Kier molecular flexibility index (Phi) is 4.00. The quantitative estimate of drug-likeness (QED) is 0.919. The summed E-state index contributed by atoms with van der Waals surface area (Å²) in [6.07, 6.45) is 0.897. The molecule has 3 rings (SSSR count). The van der Waals surface area contributed by atoms with Gasteiger partial charge >= 0.3 is 0 Å². The normalized spacial score (nSPS) is 19.4. The number of carbonyl (C=O) groups excluding carboxylic acids is 1. The van der Waals surface area contributed by atoms with Gasteiger partial charge in [0.15, 0.2) is 0 Å². The van der Waals surface area contributed by atoms with E-state index in [0.717, 1.165) is 6.42 Å². The third-order valence-electron chi connectivity index (χ3n) is 4.02. The number of nitrogens with one attached hydrogen (secondary N) is 1. The lowest BCUT2D eigenvalue weighted by Gasteiger charge is -2.11. The minimum atomic E-state index is 0.0363. The van der Waals surface area contributed by atoms with Gasteiger partial charge in [0.2, 0.25) is 5.91 Å². The van der Waals surface area contributed by atoms with Crippen molar-refractivity contribution in [3.05, 3.63) is 54.1 Å². The maximum Gasteiger partial charge on any atom is 0.228 e. The Morgan fingerprint density at radius 2 is 1.86 bits per heavy atom. The molecule has 2 aromatic carbocycles. The van der Waals surface area contributed by atoms with E-state index in [4.69, 9.17) is 9.47 Å². The van der Waals surface area contributed by atoms with Crippen LogP contribution in [0.4, 0.5) is 5.69 Å². The molecule has 1 N–H and O–H groups in total. The van der Waals surface area contributed by atoms with E-state index in [9.17, 15) is 4.79 Å². The second kappa shape index (κ2) is 6.10. The zero-order valence-electron chi connectivity index (χ0n) is 12.7. The molecule has 22 heavy (non-hydrogen) atoms. The van der Waals surface area contributed by atoms with Crippen molar-refractivity contribution in [1.82, 2.24) is 0 Å². The van der Waals surface area contributed by atoms with Crippen LogP contribution >= 0.6 is 0 Å². The average Bonchev–Trinajstić information content (AvgIpc) is 3.37. The maximum absolute atomic E-state index is 12.4. The summed E-state index contributed by atoms with van der Waals surface area (Å²) in [6.45, 7) is 0. The Hall–Kier alpha value is -2.49. The van der Waals surface area contributed by atoms with Gasteiger partial charge in [0.1, 0.15) is 11.5 Å². The standard InChI is InChI=1S/C18H19NO3/c1-21-13-8-9-16(17(10-13)22-2)19-18(20)15-11-14(15)12-6-4-3-5-7-12/h3-10,14-15H,11H2,1-2H3,(H,19,20)/t14-,15-/m0/s1. The lowest BCUT2D eigenvalue weighted by atomic mass is 10.1. The fourth-order valence-corrected chi connectivity index (χ4v) is 2.68. The summed E-state index contributed by atoms with van der Waals surface area (Å²) in [4.78, 5) is 12.4. The van der Waals surface area contributed by atoms with Gasteiger partial charge in [-0.05, 0) is 30.0 Å². The Morgan fingerprint density at radius 3 is 2.55 bits per heavy atom. The maximum atomic E-state index is 12.4.